The molecule has 0 aromatic carbocycles. The van der Waals surface area contributed by atoms with Crippen molar-refractivity contribution < 1.29 is 4.79 Å². The summed E-state index contributed by atoms with van der Waals surface area (Å²) in [7, 11) is 0. The van der Waals surface area contributed by atoms with E-state index in [0.29, 0.717) is 24.8 Å². The highest BCUT2D eigenvalue weighted by Crippen LogP contribution is 2.22. The van der Waals surface area contributed by atoms with Crippen LogP contribution in [0.5, 0.6) is 0 Å². The third kappa shape index (κ3) is 4.41. The number of aromatic nitrogens is 3. The highest BCUT2D eigenvalue weighted by molar-refractivity contribution is 5.76. The summed E-state index contributed by atoms with van der Waals surface area (Å²) in [5.74, 6) is 1.95. The zero-order valence-corrected chi connectivity index (χ0v) is 14.1. The molecule has 3 rings (SSSR count). The van der Waals surface area contributed by atoms with Crippen LogP contribution in [0, 0.1) is 11.8 Å². The molecule has 2 N–H and O–H groups in total. The number of piperidine rings is 1. The van der Waals surface area contributed by atoms with Crippen molar-refractivity contribution in [1.29, 1.82) is 0 Å². The van der Waals surface area contributed by atoms with Gasteiger partial charge in [-0.1, -0.05) is 6.92 Å². The van der Waals surface area contributed by atoms with Crippen LogP contribution in [-0.4, -0.2) is 33.5 Å². The number of amides is 1. The number of nitrogens with zero attached hydrogens (tertiary/aromatic N) is 3. The Morgan fingerprint density at radius 2 is 2.42 bits per heavy atom. The van der Waals surface area contributed by atoms with E-state index in [2.05, 4.69) is 27.5 Å². The van der Waals surface area contributed by atoms with Crippen molar-refractivity contribution in [3.63, 3.8) is 0 Å². The fourth-order valence-electron chi connectivity index (χ4n) is 3.20. The minimum Gasteiger partial charge on any atom is -0.352 e. The number of rotatable bonds is 6. The summed E-state index contributed by atoms with van der Waals surface area (Å²) in [6.45, 7) is 4.85. The molecule has 128 valence electrons. The maximum Gasteiger partial charge on any atom is 0.220 e. The minimum absolute atomic E-state index is 0.120. The Hall–Kier alpha value is -2.21. The van der Waals surface area contributed by atoms with Gasteiger partial charge in [0.15, 0.2) is 0 Å². The number of hydrogen-bond acceptors (Lipinski definition) is 4. The topological polar surface area (TPSA) is 71.8 Å². The zero-order valence-electron chi connectivity index (χ0n) is 14.1. The highest BCUT2D eigenvalue weighted by Gasteiger charge is 2.21. The largest absolute Gasteiger partial charge is 0.352 e. The molecule has 0 radical (unpaired) electrons. The Balaban J connectivity index is 1.50. The van der Waals surface area contributed by atoms with Gasteiger partial charge in [0.1, 0.15) is 12.1 Å². The second-order valence-corrected chi connectivity index (χ2v) is 6.56. The molecule has 1 saturated heterocycles. The summed E-state index contributed by atoms with van der Waals surface area (Å²) in [6, 6.07) is 3.89. The lowest BCUT2D eigenvalue weighted by Crippen LogP contribution is -2.35. The molecule has 2 atom stereocenters. The maximum atomic E-state index is 12.2. The first kappa shape index (κ1) is 16.6. The molecule has 3 heterocycles. The van der Waals surface area contributed by atoms with Gasteiger partial charge in [-0.15, -0.1) is 0 Å². The van der Waals surface area contributed by atoms with E-state index in [4.69, 9.17) is 0 Å². The summed E-state index contributed by atoms with van der Waals surface area (Å²) in [5.41, 5.74) is 1.04. The third-order valence-electron chi connectivity index (χ3n) is 4.72. The predicted octanol–water partition coefficient (Wildman–Crippen LogP) is 1.91. The van der Waals surface area contributed by atoms with Crippen LogP contribution in [0.15, 0.2) is 37.1 Å². The number of carbonyl (C=O) groups excluding carboxylic acids is 1. The van der Waals surface area contributed by atoms with E-state index < -0.39 is 0 Å². The standard InChI is InChI=1S/C18H25N5O/c1-14(16-3-2-5-19-12-16)9-18(24)22-11-15-4-6-21-17(10-15)23-8-7-20-13-23/h4,6-8,10,13-14,16,19H,2-3,5,9,11-12H2,1H3,(H,22,24). The molecule has 1 aliphatic heterocycles. The average molecular weight is 327 g/mol. The van der Waals surface area contributed by atoms with Crippen molar-refractivity contribution in [2.75, 3.05) is 13.1 Å². The molecule has 2 aromatic heterocycles. The summed E-state index contributed by atoms with van der Waals surface area (Å²) >= 11 is 0. The fourth-order valence-corrected chi connectivity index (χ4v) is 3.20. The molecule has 0 bridgehead atoms. The lowest BCUT2D eigenvalue weighted by atomic mass is 9.85. The zero-order chi connectivity index (χ0) is 16.8. The van der Waals surface area contributed by atoms with E-state index in [1.807, 2.05) is 22.9 Å². The van der Waals surface area contributed by atoms with E-state index in [9.17, 15) is 4.79 Å². The number of carbonyl (C=O) groups is 1. The summed E-state index contributed by atoms with van der Waals surface area (Å²) in [4.78, 5) is 20.6. The van der Waals surface area contributed by atoms with Gasteiger partial charge in [-0.2, -0.15) is 0 Å². The molecule has 6 nitrogen and oxygen atoms in total. The van der Waals surface area contributed by atoms with Crippen molar-refractivity contribution in [1.82, 2.24) is 25.2 Å². The van der Waals surface area contributed by atoms with E-state index in [1.54, 1.807) is 18.7 Å². The van der Waals surface area contributed by atoms with E-state index in [-0.39, 0.29) is 5.91 Å². The molecule has 2 aromatic rings. The van der Waals surface area contributed by atoms with Crippen molar-refractivity contribution in [2.24, 2.45) is 11.8 Å². The SMILES string of the molecule is CC(CC(=O)NCc1ccnc(-n2ccnc2)c1)C1CCCNC1. The van der Waals surface area contributed by atoms with E-state index >= 15 is 0 Å². The molecule has 1 fully saturated rings. The molecular formula is C18H25N5O. The van der Waals surface area contributed by atoms with Crippen LogP contribution in [0.3, 0.4) is 0 Å². The Morgan fingerprint density at radius 3 is 3.17 bits per heavy atom. The first-order chi connectivity index (χ1) is 11.7. The molecule has 6 heteroatoms. The Morgan fingerprint density at radius 1 is 1.50 bits per heavy atom. The van der Waals surface area contributed by atoms with Gasteiger partial charge in [-0.25, -0.2) is 9.97 Å². The maximum absolute atomic E-state index is 12.2. The lowest BCUT2D eigenvalue weighted by Gasteiger charge is -2.28. The lowest BCUT2D eigenvalue weighted by molar-refractivity contribution is -0.122. The van der Waals surface area contributed by atoms with Gasteiger partial charge in [0.25, 0.3) is 0 Å². The van der Waals surface area contributed by atoms with Crippen LogP contribution >= 0.6 is 0 Å². The fraction of sp³-hybridized carbons (Fsp3) is 0.500. The molecule has 0 spiro atoms. The van der Waals surface area contributed by atoms with Crippen LogP contribution in [0.4, 0.5) is 0 Å². The Kier molecular flexibility index (Phi) is 5.59. The molecule has 0 aliphatic carbocycles. The first-order valence-electron chi connectivity index (χ1n) is 8.63. The van der Waals surface area contributed by atoms with Crippen molar-refractivity contribution in [2.45, 2.75) is 32.7 Å². The smallest absolute Gasteiger partial charge is 0.220 e. The average Bonchev–Trinajstić information content (AvgIpc) is 3.16. The normalized spacial score (nSPS) is 19.0. The number of imidazole rings is 1. The van der Waals surface area contributed by atoms with Crippen LogP contribution in [0.1, 0.15) is 31.7 Å². The van der Waals surface area contributed by atoms with Crippen molar-refractivity contribution in [3.05, 3.63) is 42.6 Å². The molecule has 1 aliphatic rings. The highest BCUT2D eigenvalue weighted by atomic mass is 16.1. The summed E-state index contributed by atoms with van der Waals surface area (Å²) in [5, 5.41) is 6.45. The van der Waals surface area contributed by atoms with E-state index in [1.165, 1.54) is 12.8 Å². The van der Waals surface area contributed by atoms with Gasteiger partial charge in [0, 0.05) is 31.6 Å². The van der Waals surface area contributed by atoms with Crippen LogP contribution < -0.4 is 10.6 Å². The van der Waals surface area contributed by atoms with Crippen molar-refractivity contribution in [3.8, 4) is 5.82 Å². The van der Waals surface area contributed by atoms with Crippen molar-refractivity contribution >= 4 is 5.91 Å². The number of hydrogen-bond donors (Lipinski definition) is 2. The van der Waals surface area contributed by atoms with Gasteiger partial charge < -0.3 is 10.6 Å². The molecule has 24 heavy (non-hydrogen) atoms. The summed E-state index contributed by atoms with van der Waals surface area (Å²) in [6.07, 6.45) is 10.1. The number of pyridine rings is 1. The second-order valence-electron chi connectivity index (χ2n) is 6.56. The second kappa shape index (κ2) is 8.06. The first-order valence-corrected chi connectivity index (χ1v) is 8.63. The molecule has 0 saturated carbocycles. The van der Waals surface area contributed by atoms with Crippen LogP contribution in [-0.2, 0) is 11.3 Å². The van der Waals surface area contributed by atoms with Gasteiger partial charge in [0.2, 0.25) is 5.91 Å². The number of nitrogens with one attached hydrogen (secondary N) is 2. The minimum atomic E-state index is 0.120. The Bertz CT molecular complexity index is 649. The van der Waals surface area contributed by atoms with Crippen LogP contribution in [0.25, 0.3) is 5.82 Å². The van der Waals surface area contributed by atoms with Gasteiger partial charge >= 0.3 is 0 Å². The molecule has 2 unspecified atom stereocenters. The quantitative estimate of drug-likeness (QED) is 0.850. The van der Waals surface area contributed by atoms with Gasteiger partial charge in [-0.3, -0.25) is 9.36 Å². The van der Waals surface area contributed by atoms with Gasteiger partial charge in [0.05, 0.1) is 0 Å². The van der Waals surface area contributed by atoms with E-state index in [0.717, 1.165) is 24.5 Å². The predicted molar refractivity (Wildman–Crippen MR) is 92.6 cm³/mol. The van der Waals surface area contributed by atoms with Gasteiger partial charge in [-0.05, 0) is 55.5 Å². The Labute approximate surface area is 142 Å². The van der Waals surface area contributed by atoms with Crippen LogP contribution in [0.2, 0.25) is 0 Å². The molecule has 1 amide bonds. The third-order valence-corrected chi connectivity index (χ3v) is 4.72. The summed E-state index contributed by atoms with van der Waals surface area (Å²) < 4.78 is 1.85. The molecular weight excluding hydrogens is 302 g/mol. The monoisotopic (exact) mass is 327 g/mol.